The fraction of sp³-hybridized carbons (Fsp3) is 0.143. The summed E-state index contributed by atoms with van der Waals surface area (Å²) in [7, 11) is 0. The molecule has 2 aromatic rings. The zero-order valence-corrected chi connectivity index (χ0v) is 11.8. The Hall–Kier alpha value is -2.41. The van der Waals surface area contributed by atoms with Gasteiger partial charge in [0, 0.05) is 11.1 Å². The molecule has 0 saturated carbocycles. The maximum Gasteiger partial charge on any atom is 0.172 e. The molecule has 2 heterocycles. The molecule has 0 spiro atoms. The van der Waals surface area contributed by atoms with Gasteiger partial charge in [-0.05, 0) is 30.3 Å². The first kappa shape index (κ1) is 13.6. The molecule has 3 N–H and O–H groups in total. The van der Waals surface area contributed by atoms with Crippen LogP contribution in [0.15, 0.2) is 51.6 Å². The molecule has 7 heteroatoms. The van der Waals surface area contributed by atoms with Crippen LogP contribution in [0.5, 0.6) is 11.5 Å². The lowest BCUT2D eigenvalue weighted by molar-refractivity contribution is 0.171. The van der Waals surface area contributed by atoms with Crippen LogP contribution < -0.4 is 15.2 Å². The lowest BCUT2D eigenvalue weighted by Crippen LogP contribution is -2.15. The van der Waals surface area contributed by atoms with Gasteiger partial charge >= 0.3 is 0 Å². The predicted molar refractivity (Wildman–Crippen MR) is 78.3 cm³/mol. The van der Waals surface area contributed by atoms with Crippen molar-refractivity contribution in [3.8, 4) is 11.5 Å². The topological polar surface area (TPSA) is 90.0 Å². The number of pyridine rings is 1. The van der Waals surface area contributed by atoms with Crippen LogP contribution in [0.1, 0.15) is 5.56 Å². The number of oxime groups is 1. The number of hydrogen-bond acceptors (Lipinski definition) is 6. The van der Waals surface area contributed by atoms with Gasteiger partial charge in [0.1, 0.15) is 18.2 Å². The van der Waals surface area contributed by atoms with Crippen LogP contribution in [0.3, 0.4) is 0 Å². The van der Waals surface area contributed by atoms with Crippen molar-refractivity contribution in [1.82, 2.24) is 4.98 Å². The predicted octanol–water partition coefficient (Wildman–Crippen LogP) is 2.10. The van der Waals surface area contributed by atoms with E-state index in [1.165, 1.54) is 11.8 Å². The third-order valence-electron chi connectivity index (χ3n) is 2.88. The fourth-order valence-electron chi connectivity index (χ4n) is 1.92. The number of rotatable bonds is 3. The molecule has 21 heavy (non-hydrogen) atoms. The molecule has 0 unspecified atom stereocenters. The third-order valence-corrected chi connectivity index (χ3v) is 3.89. The van der Waals surface area contributed by atoms with E-state index < -0.39 is 0 Å². The highest BCUT2D eigenvalue weighted by Crippen LogP contribution is 2.37. The number of benzene rings is 1. The number of ether oxygens (including phenoxy) is 2. The van der Waals surface area contributed by atoms with E-state index in [1.807, 2.05) is 18.2 Å². The Morgan fingerprint density at radius 1 is 1.24 bits per heavy atom. The number of nitrogens with zero attached hydrogens (tertiary/aromatic N) is 2. The normalized spacial score (nSPS) is 14.0. The van der Waals surface area contributed by atoms with E-state index in [2.05, 4.69) is 10.1 Å². The first-order valence-electron chi connectivity index (χ1n) is 6.28. The van der Waals surface area contributed by atoms with Crippen LogP contribution >= 0.6 is 11.8 Å². The van der Waals surface area contributed by atoms with Crippen molar-refractivity contribution >= 4 is 17.6 Å². The molecule has 1 aromatic heterocycles. The number of amidine groups is 1. The van der Waals surface area contributed by atoms with E-state index >= 15 is 0 Å². The smallest absolute Gasteiger partial charge is 0.172 e. The van der Waals surface area contributed by atoms with Crippen molar-refractivity contribution in [2.75, 3.05) is 13.2 Å². The Morgan fingerprint density at radius 3 is 2.86 bits per heavy atom. The molecule has 0 bridgehead atoms. The molecule has 1 aliphatic heterocycles. The molecule has 0 radical (unpaired) electrons. The SMILES string of the molecule is N/C(=N/O)c1cccnc1Sc1ccc2c(c1)OCCO2. The summed E-state index contributed by atoms with van der Waals surface area (Å²) in [6, 6.07) is 9.17. The molecule has 1 aromatic carbocycles. The van der Waals surface area contributed by atoms with Crippen molar-refractivity contribution in [3.63, 3.8) is 0 Å². The highest BCUT2D eigenvalue weighted by molar-refractivity contribution is 7.99. The number of aromatic nitrogens is 1. The summed E-state index contributed by atoms with van der Waals surface area (Å²) in [6.07, 6.45) is 1.66. The van der Waals surface area contributed by atoms with Gasteiger partial charge in [0.15, 0.2) is 17.3 Å². The number of nitrogens with two attached hydrogens (primary N) is 1. The van der Waals surface area contributed by atoms with Crippen LogP contribution in [0.2, 0.25) is 0 Å². The monoisotopic (exact) mass is 303 g/mol. The summed E-state index contributed by atoms with van der Waals surface area (Å²) in [5.74, 6) is 1.49. The second-order valence-electron chi connectivity index (χ2n) is 4.25. The fourth-order valence-corrected chi connectivity index (χ4v) is 2.84. The van der Waals surface area contributed by atoms with E-state index in [0.717, 1.165) is 10.6 Å². The summed E-state index contributed by atoms with van der Waals surface area (Å²) >= 11 is 1.41. The molecular formula is C14H13N3O3S. The largest absolute Gasteiger partial charge is 0.486 e. The Kier molecular flexibility index (Phi) is 3.83. The zero-order valence-electron chi connectivity index (χ0n) is 11.0. The number of fused-ring (bicyclic) bond motifs is 1. The molecule has 0 amide bonds. The summed E-state index contributed by atoms with van der Waals surface area (Å²) < 4.78 is 11.0. The first-order chi connectivity index (χ1) is 10.3. The van der Waals surface area contributed by atoms with Crippen LogP contribution in [0, 0.1) is 0 Å². The minimum Gasteiger partial charge on any atom is -0.486 e. The maximum absolute atomic E-state index is 8.83. The molecule has 0 saturated heterocycles. The van der Waals surface area contributed by atoms with Crippen molar-refractivity contribution in [2.24, 2.45) is 10.9 Å². The molecule has 6 nitrogen and oxygen atoms in total. The summed E-state index contributed by atoms with van der Waals surface area (Å²) in [5.41, 5.74) is 6.24. The highest BCUT2D eigenvalue weighted by Gasteiger charge is 2.14. The molecule has 1 aliphatic rings. The van der Waals surface area contributed by atoms with Gasteiger partial charge in [-0.2, -0.15) is 0 Å². The van der Waals surface area contributed by atoms with Gasteiger partial charge in [-0.1, -0.05) is 16.9 Å². The minimum absolute atomic E-state index is 0.0307. The Morgan fingerprint density at radius 2 is 2.05 bits per heavy atom. The van der Waals surface area contributed by atoms with E-state index in [9.17, 15) is 0 Å². The second kappa shape index (κ2) is 5.92. The van der Waals surface area contributed by atoms with Gasteiger partial charge < -0.3 is 20.4 Å². The molecule has 3 rings (SSSR count). The van der Waals surface area contributed by atoms with Gasteiger partial charge in [-0.15, -0.1) is 0 Å². The van der Waals surface area contributed by atoms with Gasteiger partial charge in [-0.3, -0.25) is 0 Å². The quantitative estimate of drug-likeness (QED) is 0.390. The van der Waals surface area contributed by atoms with Crippen LogP contribution in [0.4, 0.5) is 0 Å². The standard InChI is InChI=1S/C14H13N3O3S/c15-13(17-18)10-2-1-5-16-14(10)21-9-3-4-11-12(8-9)20-7-6-19-11/h1-5,8,18H,6-7H2,(H2,15,17). The Labute approximate surface area is 125 Å². The van der Waals surface area contributed by atoms with Gasteiger partial charge in [0.25, 0.3) is 0 Å². The molecule has 108 valence electrons. The zero-order chi connectivity index (χ0) is 14.7. The average Bonchev–Trinajstić information content (AvgIpc) is 2.54. The van der Waals surface area contributed by atoms with Crippen LogP contribution in [-0.2, 0) is 0 Å². The van der Waals surface area contributed by atoms with Crippen LogP contribution in [-0.4, -0.2) is 29.2 Å². The lowest BCUT2D eigenvalue weighted by Gasteiger charge is -2.18. The Balaban J connectivity index is 1.90. The lowest BCUT2D eigenvalue weighted by atomic mass is 10.3. The minimum atomic E-state index is 0.0307. The van der Waals surface area contributed by atoms with E-state index in [4.69, 9.17) is 20.4 Å². The van der Waals surface area contributed by atoms with E-state index in [-0.39, 0.29) is 5.84 Å². The molecule has 0 atom stereocenters. The third kappa shape index (κ3) is 2.87. The summed E-state index contributed by atoms with van der Waals surface area (Å²) in [6.45, 7) is 1.10. The average molecular weight is 303 g/mol. The molecule has 0 aliphatic carbocycles. The van der Waals surface area contributed by atoms with Crippen LogP contribution in [0.25, 0.3) is 0 Å². The Bertz CT molecular complexity index is 691. The number of hydrogen-bond donors (Lipinski definition) is 2. The maximum atomic E-state index is 8.83. The highest BCUT2D eigenvalue weighted by atomic mass is 32.2. The van der Waals surface area contributed by atoms with Crippen molar-refractivity contribution in [2.45, 2.75) is 9.92 Å². The van der Waals surface area contributed by atoms with Crippen molar-refractivity contribution in [1.29, 1.82) is 0 Å². The second-order valence-corrected chi connectivity index (χ2v) is 5.31. The molecular weight excluding hydrogens is 290 g/mol. The van der Waals surface area contributed by atoms with E-state index in [0.29, 0.717) is 29.6 Å². The van der Waals surface area contributed by atoms with Crippen molar-refractivity contribution < 1.29 is 14.7 Å². The van der Waals surface area contributed by atoms with E-state index in [1.54, 1.807) is 18.3 Å². The van der Waals surface area contributed by atoms with Gasteiger partial charge in [0.2, 0.25) is 0 Å². The van der Waals surface area contributed by atoms with Gasteiger partial charge in [-0.25, -0.2) is 4.98 Å². The summed E-state index contributed by atoms with van der Waals surface area (Å²) in [4.78, 5) is 5.21. The van der Waals surface area contributed by atoms with Crippen molar-refractivity contribution in [3.05, 3.63) is 42.1 Å². The summed E-state index contributed by atoms with van der Waals surface area (Å²) in [5, 5.41) is 12.5. The van der Waals surface area contributed by atoms with Gasteiger partial charge in [0.05, 0.1) is 5.56 Å². The first-order valence-corrected chi connectivity index (χ1v) is 7.10. The molecule has 0 fully saturated rings.